The summed E-state index contributed by atoms with van der Waals surface area (Å²) in [4.78, 5) is 12.7. The van der Waals surface area contributed by atoms with E-state index in [2.05, 4.69) is 12.2 Å². The Morgan fingerprint density at radius 3 is 2.31 bits per heavy atom. The number of sulfonamides is 1. The van der Waals surface area contributed by atoms with Crippen LogP contribution in [-0.4, -0.2) is 37.8 Å². The smallest absolute Gasteiger partial charge is 0.246 e. The third-order valence-electron chi connectivity index (χ3n) is 7.15. The number of carbonyl (C=O) groups is 1. The molecule has 0 aromatic heterocycles. The molecule has 5 nitrogen and oxygen atoms in total. The Morgan fingerprint density at radius 1 is 1.10 bits per heavy atom. The Labute approximate surface area is 183 Å². The van der Waals surface area contributed by atoms with Crippen molar-refractivity contribution in [1.82, 2.24) is 9.62 Å². The second kappa shape index (κ2) is 8.37. The van der Waals surface area contributed by atoms with Crippen LogP contribution < -0.4 is 5.32 Å². The average Bonchev–Trinajstić information content (AvgIpc) is 3.31. The summed E-state index contributed by atoms with van der Waals surface area (Å²) in [5.74, 6) is 2.13. The molecule has 0 spiro atoms. The fourth-order valence-corrected chi connectivity index (χ4v) is 8.13. The highest BCUT2D eigenvalue weighted by Gasteiger charge is 2.42. The number of hydrogen-bond donors (Lipinski definition) is 1. The topological polar surface area (TPSA) is 66.5 Å². The van der Waals surface area contributed by atoms with E-state index in [1.54, 1.807) is 6.07 Å². The zero-order valence-corrected chi connectivity index (χ0v) is 18.9. The van der Waals surface area contributed by atoms with Gasteiger partial charge in [0.1, 0.15) is 4.90 Å². The zero-order valence-electron chi connectivity index (χ0n) is 16.6. The molecule has 2 bridgehead atoms. The first kappa shape index (κ1) is 21.4. The molecule has 2 aliphatic carbocycles. The van der Waals surface area contributed by atoms with Gasteiger partial charge in [0, 0.05) is 25.0 Å². The molecule has 1 aromatic carbocycles. The zero-order chi connectivity index (χ0) is 20.8. The Balaban J connectivity index is 1.35. The van der Waals surface area contributed by atoms with Crippen molar-refractivity contribution >= 4 is 39.1 Å². The van der Waals surface area contributed by atoms with Gasteiger partial charge in [0.25, 0.3) is 0 Å². The minimum Gasteiger partial charge on any atom is -0.353 e. The number of rotatable bonds is 5. The number of benzene rings is 1. The number of hydrogen-bond acceptors (Lipinski definition) is 3. The van der Waals surface area contributed by atoms with Gasteiger partial charge in [-0.05, 0) is 68.9 Å². The largest absolute Gasteiger partial charge is 0.353 e. The van der Waals surface area contributed by atoms with Crippen molar-refractivity contribution in [2.45, 2.75) is 56.4 Å². The first-order chi connectivity index (χ1) is 13.8. The molecule has 1 aromatic rings. The molecule has 4 atom stereocenters. The fourth-order valence-electron chi connectivity index (χ4n) is 5.57. The third kappa shape index (κ3) is 4.18. The van der Waals surface area contributed by atoms with E-state index in [4.69, 9.17) is 23.2 Å². The molecule has 2 saturated carbocycles. The second-order valence-corrected chi connectivity index (χ2v) is 11.6. The van der Waals surface area contributed by atoms with Crippen molar-refractivity contribution in [3.8, 4) is 0 Å². The summed E-state index contributed by atoms with van der Waals surface area (Å²) in [5, 5.41) is 3.48. The molecule has 1 aliphatic heterocycles. The summed E-state index contributed by atoms with van der Waals surface area (Å²) >= 11 is 12.2. The van der Waals surface area contributed by atoms with Gasteiger partial charge >= 0.3 is 0 Å². The molecule has 1 N–H and O–H groups in total. The monoisotopic (exact) mass is 458 g/mol. The fraction of sp³-hybridized carbons (Fsp3) is 0.667. The van der Waals surface area contributed by atoms with Crippen molar-refractivity contribution in [2.75, 3.05) is 13.1 Å². The van der Waals surface area contributed by atoms with Crippen molar-refractivity contribution in [3.63, 3.8) is 0 Å². The highest BCUT2D eigenvalue weighted by molar-refractivity contribution is 7.89. The predicted octanol–water partition coefficient (Wildman–Crippen LogP) is 4.34. The van der Waals surface area contributed by atoms with Crippen LogP contribution in [0.4, 0.5) is 0 Å². The Bertz CT molecular complexity index is 864. The first-order valence-electron chi connectivity index (χ1n) is 10.5. The van der Waals surface area contributed by atoms with E-state index in [0.717, 1.165) is 11.8 Å². The van der Waals surface area contributed by atoms with Gasteiger partial charge in [-0.15, -0.1) is 0 Å². The standard InChI is InChI=1S/C21H28Cl2N2O3S/c1-13(17-12-14-5-6-16(17)11-14)24-21(26)15-7-9-25(10-8-15)29(27,28)20-18(22)3-2-4-19(20)23/h2-4,13-17H,5-12H2,1H3,(H,24,26)/t13-,14-,16-,17-/m0/s1. The first-order valence-corrected chi connectivity index (χ1v) is 12.7. The molecule has 8 heteroatoms. The van der Waals surface area contributed by atoms with E-state index < -0.39 is 10.0 Å². The minimum absolute atomic E-state index is 0.0452. The van der Waals surface area contributed by atoms with Gasteiger partial charge < -0.3 is 5.32 Å². The van der Waals surface area contributed by atoms with Crippen LogP contribution in [0.1, 0.15) is 45.4 Å². The van der Waals surface area contributed by atoms with E-state index in [1.165, 1.54) is 42.1 Å². The van der Waals surface area contributed by atoms with Gasteiger partial charge in [0.15, 0.2) is 0 Å². The van der Waals surface area contributed by atoms with Gasteiger partial charge in [-0.25, -0.2) is 8.42 Å². The number of halogens is 2. The second-order valence-electron chi connectivity index (χ2n) is 8.87. The molecule has 1 heterocycles. The molecular formula is C21H28Cl2N2O3S. The van der Waals surface area contributed by atoms with Crippen LogP contribution in [0.15, 0.2) is 23.1 Å². The van der Waals surface area contributed by atoms with Crippen LogP contribution in [0.3, 0.4) is 0 Å². The van der Waals surface area contributed by atoms with Crippen molar-refractivity contribution < 1.29 is 13.2 Å². The summed E-state index contributed by atoms with van der Waals surface area (Å²) in [6.45, 7) is 2.72. The molecule has 160 valence electrons. The Morgan fingerprint density at radius 2 is 1.76 bits per heavy atom. The van der Waals surface area contributed by atoms with Crippen LogP contribution in [0, 0.1) is 23.7 Å². The van der Waals surface area contributed by atoms with Gasteiger partial charge in [0.2, 0.25) is 15.9 Å². The molecule has 0 radical (unpaired) electrons. The van der Waals surface area contributed by atoms with Crippen LogP contribution >= 0.6 is 23.2 Å². The number of nitrogens with zero attached hydrogens (tertiary/aromatic N) is 1. The molecule has 1 amide bonds. The summed E-state index contributed by atoms with van der Waals surface area (Å²) in [5.41, 5.74) is 0. The number of fused-ring (bicyclic) bond motifs is 2. The Hall–Kier alpha value is -0.820. The van der Waals surface area contributed by atoms with E-state index in [1.807, 2.05) is 0 Å². The minimum atomic E-state index is -3.78. The molecule has 4 rings (SSSR count). The lowest BCUT2D eigenvalue weighted by molar-refractivity contribution is -0.127. The Kier molecular flexibility index (Phi) is 6.18. The SMILES string of the molecule is C[C@H](NC(=O)C1CCN(S(=O)(=O)c2c(Cl)cccc2Cl)CC1)[C@@H]1C[C@H]2CC[C@H]1C2. The highest BCUT2D eigenvalue weighted by atomic mass is 35.5. The third-order valence-corrected chi connectivity index (χ3v) is 10.0. The molecule has 1 saturated heterocycles. The number of carbonyl (C=O) groups excluding carboxylic acids is 1. The molecule has 3 fully saturated rings. The highest BCUT2D eigenvalue weighted by Crippen LogP contribution is 2.49. The van der Waals surface area contributed by atoms with Crippen LogP contribution in [0.25, 0.3) is 0 Å². The van der Waals surface area contributed by atoms with Crippen LogP contribution in [0.2, 0.25) is 10.0 Å². The van der Waals surface area contributed by atoms with E-state index in [0.29, 0.717) is 31.8 Å². The van der Waals surface area contributed by atoms with Crippen LogP contribution in [-0.2, 0) is 14.8 Å². The van der Waals surface area contributed by atoms with Crippen molar-refractivity contribution in [1.29, 1.82) is 0 Å². The van der Waals surface area contributed by atoms with Crippen molar-refractivity contribution in [3.05, 3.63) is 28.2 Å². The molecule has 3 aliphatic rings. The van der Waals surface area contributed by atoms with E-state index >= 15 is 0 Å². The van der Waals surface area contributed by atoms with Gasteiger partial charge in [0.05, 0.1) is 10.0 Å². The maximum Gasteiger partial charge on any atom is 0.246 e. The maximum absolute atomic E-state index is 13.0. The normalized spacial score (nSPS) is 29.1. The van der Waals surface area contributed by atoms with Gasteiger partial charge in [-0.1, -0.05) is 35.7 Å². The van der Waals surface area contributed by atoms with Crippen LogP contribution in [0.5, 0.6) is 0 Å². The lowest BCUT2D eigenvalue weighted by atomic mass is 9.83. The number of piperidine rings is 1. The summed E-state index contributed by atoms with van der Waals surface area (Å²) in [6.07, 6.45) is 6.24. The van der Waals surface area contributed by atoms with Gasteiger partial charge in [-0.2, -0.15) is 4.31 Å². The summed E-state index contributed by atoms with van der Waals surface area (Å²) in [7, 11) is -3.78. The molecular weight excluding hydrogens is 431 g/mol. The number of amides is 1. The van der Waals surface area contributed by atoms with E-state index in [-0.39, 0.29) is 32.8 Å². The molecule has 29 heavy (non-hydrogen) atoms. The number of nitrogens with one attached hydrogen (secondary N) is 1. The predicted molar refractivity (Wildman–Crippen MR) is 114 cm³/mol. The average molecular weight is 459 g/mol. The quantitative estimate of drug-likeness (QED) is 0.713. The summed E-state index contributed by atoms with van der Waals surface area (Å²) < 4.78 is 27.4. The lowest BCUT2D eigenvalue weighted by Gasteiger charge is -2.33. The maximum atomic E-state index is 13.0. The van der Waals surface area contributed by atoms with Gasteiger partial charge in [-0.3, -0.25) is 4.79 Å². The van der Waals surface area contributed by atoms with E-state index in [9.17, 15) is 13.2 Å². The summed E-state index contributed by atoms with van der Waals surface area (Å²) in [6, 6.07) is 4.87. The van der Waals surface area contributed by atoms with Crippen molar-refractivity contribution in [2.24, 2.45) is 23.7 Å². The lowest BCUT2D eigenvalue weighted by Crippen LogP contribution is -2.47. The molecule has 0 unspecified atom stereocenters.